The van der Waals surface area contributed by atoms with E-state index in [9.17, 15) is 27.2 Å². The lowest BCUT2D eigenvalue weighted by Gasteiger charge is -2.32. The third-order valence-corrected chi connectivity index (χ3v) is 9.08. The third kappa shape index (κ3) is 6.82. The summed E-state index contributed by atoms with van der Waals surface area (Å²) in [6.45, 7) is 3.46. The molecule has 0 fully saturated rings. The van der Waals surface area contributed by atoms with Crippen LogP contribution in [-0.2, 0) is 32.6 Å². The van der Waals surface area contributed by atoms with Crippen LogP contribution in [0.5, 0.6) is 0 Å². The van der Waals surface area contributed by atoms with Crippen molar-refractivity contribution < 1.29 is 27.2 Å². The average molecular weight is 580 g/mol. The maximum atomic E-state index is 14.7. The number of halogens is 1. The van der Waals surface area contributed by atoms with Gasteiger partial charge in [0.2, 0.25) is 11.8 Å². The number of rotatable bonds is 12. The zero-order valence-electron chi connectivity index (χ0n) is 23.1. The molecule has 0 saturated heterocycles. The van der Waals surface area contributed by atoms with Gasteiger partial charge in [0.25, 0.3) is 15.9 Å². The van der Waals surface area contributed by atoms with Crippen LogP contribution in [0.3, 0.4) is 0 Å². The second-order valence-corrected chi connectivity index (χ2v) is 11.9. The number of amides is 3. The van der Waals surface area contributed by atoms with Gasteiger partial charge in [-0.1, -0.05) is 67.6 Å². The molecule has 3 aromatic carbocycles. The second-order valence-electron chi connectivity index (χ2n) is 10.1. The Kier molecular flexibility index (Phi) is 9.54. The molecule has 0 aliphatic carbocycles. The Bertz CT molecular complexity index is 1510. The predicted molar refractivity (Wildman–Crippen MR) is 153 cm³/mol. The summed E-state index contributed by atoms with van der Waals surface area (Å²) in [5.74, 6) is -1.94. The van der Waals surface area contributed by atoms with Crippen molar-refractivity contribution in [3.05, 3.63) is 101 Å². The summed E-state index contributed by atoms with van der Waals surface area (Å²) in [5.41, 5.74) is 1.18. The molecule has 0 aromatic heterocycles. The first-order valence-electron chi connectivity index (χ1n) is 13.7. The van der Waals surface area contributed by atoms with Crippen molar-refractivity contribution in [1.29, 1.82) is 0 Å². The largest absolute Gasteiger partial charge is 0.352 e. The molecular formula is C31H34FN3O5S. The van der Waals surface area contributed by atoms with Gasteiger partial charge in [0.15, 0.2) is 0 Å². The van der Waals surface area contributed by atoms with Crippen molar-refractivity contribution in [3.8, 4) is 0 Å². The molecule has 4 rings (SSSR count). The van der Waals surface area contributed by atoms with Gasteiger partial charge in [0, 0.05) is 37.5 Å². The molecule has 1 aliphatic heterocycles. The van der Waals surface area contributed by atoms with Gasteiger partial charge in [-0.05, 0) is 43.5 Å². The van der Waals surface area contributed by atoms with Gasteiger partial charge in [-0.25, -0.2) is 17.1 Å². The summed E-state index contributed by atoms with van der Waals surface area (Å²) >= 11 is 0. The predicted octanol–water partition coefficient (Wildman–Crippen LogP) is 4.31. The first kappa shape index (κ1) is 29.9. The Balaban J connectivity index is 1.58. The minimum Gasteiger partial charge on any atom is -0.352 e. The van der Waals surface area contributed by atoms with Crippen LogP contribution in [0, 0.1) is 5.82 Å². The van der Waals surface area contributed by atoms with Crippen molar-refractivity contribution in [2.75, 3.05) is 6.54 Å². The molecule has 8 nitrogen and oxygen atoms in total. The fourth-order valence-electron chi connectivity index (χ4n) is 4.77. The van der Waals surface area contributed by atoms with E-state index in [4.69, 9.17) is 0 Å². The van der Waals surface area contributed by atoms with Crippen molar-refractivity contribution in [2.24, 2.45) is 0 Å². The Labute approximate surface area is 240 Å². The van der Waals surface area contributed by atoms with E-state index in [0.717, 1.165) is 9.87 Å². The smallest absolute Gasteiger partial charge is 0.269 e. The van der Waals surface area contributed by atoms with Crippen LogP contribution < -0.4 is 5.32 Å². The normalized spacial score (nSPS) is 15.2. The Morgan fingerprint density at radius 2 is 1.63 bits per heavy atom. The van der Waals surface area contributed by atoms with Gasteiger partial charge in [0.1, 0.15) is 16.8 Å². The summed E-state index contributed by atoms with van der Waals surface area (Å²) < 4.78 is 41.4. The van der Waals surface area contributed by atoms with Crippen LogP contribution in [0.25, 0.3) is 0 Å². The van der Waals surface area contributed by atoms with Gasteiger partial charge < -0.3 is 10.2 Å². The van der Waals surface area contributed by atoms with Gasteiger partial charge in [-0.15, -0.1) is 0 Å². The number of carbonyl (C=O) groups excluding carboxylic acids is 3. The molecule has 0 saturated carbocycles. The van der Waals surface area contributed by atoms with E-state index in [1.807, 2.05) is 44.2 Å². The number of benzene rings is 3. The maximum absolute atomic E-state index is 14.7. The van der Waals surface area contributed by atoms with Crippen LogP contribution >= 0.6 is 0 Å². The molecular weight excluding hydrogens is 545 g/mol. The highest BCUT2D eigenvalue weighted by molar-refractivity contribution is 7.90. The van der Waals surface area contributed by atoms with Crippen LogP contribution in [-0.4, -0.2) is 54.0 Å². The molecule has 3 aromatic rings. The van der Waals surface area contributed by atoms with Gasteiger partial charge in [-0.2, -0.15) is 0 Å². The minimum absolute atomic E-state index is 0.0383. The van der Waals surface area contributed by atoms with Gasteiger partial charge >= 0.3 is 0 Å². The zero-order chi connectivity index (χ0) is 29.6. The van der Waals surface area contributed by atoms with Crippen molar-refractivity contribution in [1.82, 2.24) is 14.5 Å². The van der Waals surface area contributed by atoms with E-state index in [1.165, 1.54) is 23.1 Å². The molecule has 10 heteroatoms. The number of carbonyl (C=O) groups is 3. The number of hydrogen-bond donors (Lipinski definition) is 1. The van der Waals surface area contributed by atoms with E-state index < -0.39 is 33.7 Å². The van der Waals surface area contributed by atoms with Crippen LogP contribution in [0.1, 0.15) is 54.6 Å². The Morgan fingerprint density at radius 1 is 0.976 bits per heavy atom. The van der Waals surface area contributed by atoms with E-state index in [2.05, 4.69) is 5.32 Å². The lowest BCUT2D eigenvalue weighted by molar-refractivity contribution is -0.141. The molecule has 216 valence electrons. The first-order valence-corrected chi connectivity index (χ1v) is 15.1. The van der Waals surface area contributed by atoms with Gasteiger partial charge in [-0.3, -0.25) is 14.4 Å². The fraction of sp³-hybridized carbons (Fsp3) is 0.323. The number of fused-ring (bicyclic) bond motifs is 1. The maximum Gasteiger partial charge on any atom is 0.269 e. The number of nitrogens with zero attached hydrogens (tertiary/aromatic N) is 2. The molecule has 0 spiro atoms. The SMILES string of the molecule is CC[C@@H](C)NC(=O)[C@H](Cc1ccccc1)N(Cc1ccccc1F)C(=O)CCCN1C(=O)c2ccccc2S1(=O)=O. The van der Waals surface area contributed by atoms with Crippen molar-refractivity contribution in [3.63, 3.8) is 0 Å². The van der Waals surface area contributed by atoms with E-state index >= 15 is 0 Å². The molecule has 41 heavy (non-hydrogen) atoms. The highest BCUT2D eigenvalue weighted by Gasteiger charge is 2.40. The second kappa shape index (κ2) is 13.1. The van der Waals surface area contributed by atoms with Gasteiger partial charge in [0.05, 0.1) is 5.56 Å². The lowest BCUT2D eigenvalue weighted by Crippen LogP contribution is -2.52. The lowest BCUT2D eigenvalue weighted by atomic mass is 10.0. The van der Waals surface area contributed by atoms with Crippen molar-refractivity contribution >= 4 is 27.7 Å². The molecule has 0 radical (unpaired) electrons. The molecule has 3 amide bonds. The highest BCUT2D eigenvalue weighted by Crippen LogP contribution is 2.30. The van der Waals surface area contributed by atoms with Crippen LogP contribution in [0.15, 0.2) is 83.8 Å². The van der Waals surface area contributed by atoms with Crippen LogP contribution in [0.4, 0.5) is 4.39 Å². The van der Waals surface area contributed by atoms with E-state index in [0.29, 0.717) is 6.42 Å². The molecule has 2 atom stereocenters. The van der Waals surface area contributed by atoms with E-state index in [1.54, 1.807) is 30.3 Å². The van der Waals surface area contributed by atoms with E-state index in [-0.39, 0.29) is 60.3 Å². The molecule has 0 bridgehead atoms. The zero-order valence-corrected chi connectivity index (χ0v) is 23.9. The highest BCUT2D eigenvalue weighted by atomic mass is 32.2. The third-order valence-electron chi connectivity index (χ3n) is 7.23. The molecule has 1 aliphatic rings. The molecule has 1 heterocycles. The molecule has 0 unspecified atom stereocenters. The quantitative estimate of drug-likeness (QED) is 0.345. The number of sulfonamides is 1. The Hall–Kier alpha value is -4.05. The topological polar surface area (TPSA) is 104 Å². The Morgan fingerprint density at radius 3 is 2.32 bits per heavy atom. The summed E-state index contributed by atoms with van der Waals surface area (Å²) in [6, 6.07) is 20.2. The molecule has 1 N–H and O–H groups in total. The monoisotopic (exact) mass is 579 g/mol. The first-order chi connectivity index (χ1) is 19.6. The average Bonchev–Trinajstić information content (AvgIpc) is 3.16. The standard InChI is InChI=1S/C31H34FN3O5S/c1-3-22(2)33-30(37)27(20-23-12-5-4-6-13-23)34(21-24-14-7-9-16-26(24)32)29(36)18-11-19-35-31(38)25-15-8-10-17-28(25)41(35,39)40/h4-10,12-17,22,27H,3,11,18-21H2,1-2H3,(H,33,37)/t22-,27+/m1/s1. The number of hydrogen-bond acceptors (Lipinski definition) is 5. The summed E-state index contributed by atoms with van der Waals surface area (Å²) in [6.07, 6.45) is 0.784. The summed E-state index contributed by atoms with van der Waals surface area (Å²) in [7, 11) is -4.01. The minimum atomic E-state index is -4.01. The summed E-state index contributed by atoms with van der Waals surface area (Å²) in [5, 5.41) is 2.95. The number of nitrogens with one attached hydrogen (secondary N) is 1. The van der Waals surface area contributed by atoms with Crippen molar-refractivity contribution in [2.45, 2.75) is 63.1 Å². The fourth-order valence-corrected chi connectivity index (χ4v) is 6.38. The summed E-state index contributed by atoms with van der Waals surface area (Å²) in [4.78, 5) is 41.4. The van der Waals surface area contributed by atoms with Crippen LogP contribution in [0.2, 0.25) is 0 Å².